The fourth-order valence-corrected chi connectivity index (χ4v) is 2.47. The molecule has 0 spiro atoms. The number of nitrogens with zero attached hydrogens (tertiary/aromatic N) is 1. The summed E-state index contributed by atoms with van der Waals surface area (Å²) in [7, 11) is 1.79. The molecule has 0 bridgehead atoms. The van der Waals surface area contributed by atoms with Crippen molar-refractivity contribution in [2.24, 2.45) is 0 Å². The third-order valence-corrected chi connectivity index (χ3v) is 3.53. The van der Waals surface area contributed by atoms with Crippen LogP contribution >= 0.6 is 0 Å². The lowest BCUT2D eigenvalue weighted by Gasteiger charge is -2.37. The van der Waals surface area contributed by atoms with E-state index in [9.17, 15) is 0 Å². The second-order valence-corrected chi connectivity index (χ2v) is 5.08. The predicted octanol–water partition coefficient (Wildman–Crippen LogP) is 1.24. The highest BCUT2D eigenvalue weighted by Gasteiger charge is 2.28. The minimum absolute atomic E-state index is 0.568. The molecule has 0 aromatic carbocycles. The lowest BCUT2D eigenvalue weighted by atomic mass is 10.0. The van der Waals surface area contributed by atoms with Crippen LogP contribution in [0.3, 0.4) is 0 Å². The number of rotatable bonds is 5. The summed E-state index contributed by atoms with van der Waals surface area (Å²) in [4.78, 5) is 2.56. The maximum absolute atomic E-state index is 5.22. The summed E-state index contributed by atoms with van der Waals surface area (Å²) in [6.45, 7) is 5.58. The summed E-state index contributed by atoms with van der Waals surface area (Å²) >= 11 is 0. The first-order chi connectivity index (χ1) is 7.29. The minimum Gasteiger partial charge on any atom is -0.383 e. The highest BCUT2D eigenvalue weighted by molar-refractivity contribution is 4.88. The number of hydrogen-bond acceptors (Lipinski definition) is 3. The Balaban J connectivity index is 1.74. The fraction of sp³-hybridized carbons (Fsp3) is 1.00. The number of ether oxygens (including phenoxy) is 1. The van der Waals surface area contributed by atoms with E-state index in [1.54, 1.807) is 7.11 Å². The molecule has 1 saturated carbocycles. The molecule has 2 rings (SSSR count). The molecule has 2 fully saturated rings. The van der Waals surface area contributed by atoms with E-state index in [0.29, 0.717) is 6.04 Å². The van der Waals surface area contributed by atoms with Gasteiger partial charge in [0, 0.05) is 31.8 Å². The third kappa shape index (κ3) is 3.44. The van der Waals surface area contributed by atoms with Crippen LogP contribution in [0.25, 0.3) is 0 Å². The summed E-state index contributed by atoms with van der Waals surface area (Å²) in [5.41, 5.74) is 0. The predicted molar refractivity (Wildman–Crippen MR) is 62.1 cm³/mol. The van der Waals surface area contributed by atoms with E-state index in [1.807, 2.05) is 0 Å². The first-order valence-corrected chi connectivity index (χ1v) is 6.28. The lowest BCUT2D eigenvalue weighted by molar-refractivity contribution is 0.0752. The number of likely N-dealkylation sites (tertiary alicyclic amines) is 1. The zero-order valence-electron chi connectivity index (χ0n) is 10.0. The molecule has 2 atom stereocenters. The molecule has 2 unspecified atom stereocenters. The van der Waals surface area contributed by atoms with Gasteiger partial charge in [0.1, 0.15) is 0 Å². The molecule has 88 valence electrons. The molecule has 1 aliphatic carbocycles. The molecule has 0 amide bonds. The first kappa shape index (κ1) is 11.4. The van der Waals surface area contributed by atoms with Crippen molar-refractivity contribution >= 4 is 0 Å². The molecular formula is C12H24N2O. The van der Waals surface area contributed by atoms with Crippen molar-refractivity contribution in [2.75, 3.05) is 26.8 Å². The summed E-state index contributed by atoms with van der Waals surface area (Å²) in [5.74, 6) is 0. The van der Waals surface area contributed by atoms with Crippen LogP contribution in [0.2, 0.25) is 0 Å². The van der Waals surface area contributed by atoms with Gasteiger partial charge in [-0.25, -0.2) is 0 Å². The smallest absolute Gasteiger partial charge is 0.0615 e. The first-order valence-electron chi connectivity index (χ1n) is 6.28. The van der Waals surface area contributed by atoms with Crippen LogP contribution < -0.4 is 5.32 Å². The highest BCUT2D eigenvalue weighted by atomic mass is 16.5. The maximum atomic E-state index is 5.22. The van der Waals surface area contributed by atoms with Crippen molar-refractivity contribution in [1.82, 2.24) is 10.2 Å². The largest absolute Gasteiger partial charge is 0.383 e. The van der Waals surface area contributed by atoms with Crippen LogP contribution in [0.5, 0.6) is 0 Å². The molecule has 3 nitrogen and oxygen atoms in total. The minimum atomic E-state index is 0.568. The van der Waals surface area contributed by atoms with Gasteiger partial charge in [0.15, 0.2) is 0 Å². The van der Waals surface area contributed by atoms with Gasteiger partial charge in [-0.2, -0.15) is 0 Å². The Morgan fingerprint density at radius 2 is 2.13 bits per heavy atom. The van der Waals surface area contributed by atoms with Crippen LogP contribution in [-0.4, -0.2) is 49.8 Å². The van der Waals surface area contributed by atoms with E-state index in [1.165, 1.54) is 38.8 Å². The monoisotopic (exact) mass is 212 g/mol. The molecule has 1 aliphatic heterocycles. The SMILES string of the molecule is COCC(C)N1CCCC(NC2CC2)C1. The standard InChI is InChI=1S/C12H24N2O/c1-10(9-15-2)14-7-3-4-12(8-14)13-11-5-6-11/h10-13H,3-9H2,1-2H3. The molecule has 0 aromatic rings. The average molecular weight is 212 g/mol. The van der Waals surface area contributed by atoms with Crippen LogP contribution in [0.4, 0.5) is 0 Å². The van der Waals surface area contributed by atoms with Gasteiger partial charge in [0.25, 0.3) is 0 Å². The average Bonchev–Trinajstić information content (AvgIpc) is 3.03. The maximum Gasteiger partial charge on any atom is 0.0615 e. The van der Waals surface area contributed by atoms with Crippen molar-refractivity contribution in [3.05, 3.63) is 0 Å². The molecule has 3 heteroatoms. The number of piperidine rings is 1. The highest BCUT2D eigenvalue weighted by Crippen LogP contribution is 2.22. The van der Waals surface area contributed by atoms with Crippen molar-refractivity contribution in [1.29, 1.82) is 0 Å². The number of methoxy groups -OCH3 is 1. The van der Waals surface area contributed by atoms with Crippen molar-refractivity contribution in [3.8, 4) is 0 Å². The quantitative estimate of drug-likeness (QED) is 0.742. The van der Waals surface area contributed by atoms with Gasteiger partial charge < -0.3 is 10.1 Å². The Hall–Kier alpha value is -0.120. The zero-order chi connectivity index (χ0) is 10.7. The zero-order valence-corrected chi connectivity index (χ0v) is 10.0. The second kappa shape index (κ2) is 5.28. The molecule has 1 heterocycles. The Bertz CT molecular complexity index is 194. The van der Waals surface area contributed by atoms with Gasteiger partial charge in [-0.15, -0.1) is 0 Å². The number of nitrogens with one attached hydrogen (secondary N) is 1. The van der Waals surface area contributed by atoms with Gasteiger partial charge in [-0.3, -0.25) is 4.90 Å². The van der Waals surface area contributed by atoms with Gasteiger partial charge in [0.05, 0.1) is 6.61 Å². The van der Waals surface area contributed by atoms with Crippen molar-refractivity contribution in [3.63, 3.8) is 0 Å². The Labute approximate surface area is 93.2 Å². The molecule has 15 heavy (non-hydrogen) atoms. The molecule has 1 saturated heterocycles. The Morgan fingerprint density at radius 1 is 1.33 bits per heavy atom. The molecule has 0 aromatic heterocycles. The lowest BCUT2D eigenvalue weighted by Crippen LogP contribution is -2.50. The van der Waals surface area contributed by atoms with E-state index in [-0.39, 0.29) is 0 Å². The van der Waals surface area contributed by atoms with Gasteiger partial charge in [0.2, 0.25) is 0 Å². The van der Waals surface area contributed by atoms with E-state index in [0.717, 1.165) is 18.7 Å². The van der Waals surface area contributed by atoms with E-state index in [4.69, 9.17) is 4.74 Å². The van der Waals surface area contributed by atoms with Gasteiger partial charge in [-0.1, -0.05) is 0 Å². The summed E-state index contributed by atoms with van der Waals surface area (Å²) in [6.07, 6.45) is 5.47. The normalized spacial score (nSPS) is 30.4. The van der Waals surface area contributed by atoms with Crippen LogP contribution in [0, 0.1) is 0 Å². The van der Waals surface area contributed by atoms with E-state index < -0.39 is 0 Å². The van der Waals surface area contributed by atoms with Crippen LogP contribution in [-0.2, 0) is 4.74 Å². The fourth-order valence-electron chi connectivity index (χ4n) is 2.47. The molecular weight excluding hydrogens is 188 g/mol. The van der Waals surface area contributed by atoms with Gasteiger partial charge in [-0.05, 0) is 39.2 Å². The summed E-state index contributed by atoms with van der Waals surface area (Å²) < 4.78 is 5.22. The Morgan fingerprint density at radius 3 is 2.80 bits per heavy atom. The second-order valence-electron chi connectivity index (χ2n) is 5.08. The topological polar surface area (TPSA) is 24.5 Å². The summed E-state index contributed by atoms with van der Waals surface area (Å²) in [5, 5.41) is 3.74. The number of hydrogen-bond donors (Lipinski definition) is 1. The van der Waals surface area contributed by atoms with Crippen LogP contribution in [0.1, 0.15) is 32.6 Å². The Kier molecular flexibility index (Phi) is 4.00. The molecule has 1 N–H and O–H groups in total. The third-order valence-electron chi connectivity index (χ3n) is 3.53. The van der Waals surface area contributed by atoms with Crippen LogP contribution in [0.15, 0.2) is 0 Å². The van der Waals surface area contributed by atoms with E-state index >= 15 is 0 Å². The van der Waals surface area contributed by atoms with E-state index in [2.05, 4.69) is 17.1 Å². The molecule has 0 radical (unpaired) electrons. The summed E-state index contributed by atoms with van der Waals surface area (Å²) in [6, 6.07) is 2.14. The van der Waals surface area contributed by atoms with Gasteiger partial charge >= 0.3 is 0 Å². The van der Waals surface area contributed by atoms with Crippen molar-refractivity contribution < 1.29 is 4.74 Å². The van der Waals surface area contributed by atoms with Crippen molar-refractivity contribution in [2.45, 2.75) is 50.7 Å². The molecule has 2 aliphatic rings.